The Morgan fingerprint density at radius 1 is 0.750 bits per heavy atom. The highest BCUT2D eigenvalue weighted by Crippen LogP contribution is 2.34. The Morgan fingerprint density at radius 3 is 1.91 bits per heavy atom. The zero-order valence-corrected chi connectivity index (χ0v) is 20.0. The third kappa shape index (κ3) is 7.24. The van der Waals surface area contributed by atoms with Gasteiger partial charge in [0, 0.05) is 11.1 Å². The summed E-state index contributed by atoms with van der Waals surface area (Å²) in [4.78, 5) is 4.92. The van der Waals surface area contributed by atoms with E-state index in [1.165, 1.54) is 57.8 Å². The molecule has 0 spiro atoms. The maximum Gasteiger partial charge on any atom is 0.115 e. The summed E-state index contributed by atoms with van der Waals surface area (Å²) in [5, 5.41) is 10.8. The van der Waals surface area contributed by atoms with Crippen LogP contribution in [0.1, 0.15) is 70.3 Å². The molecular weight excluding hydrogens is 408 g/mol. The quantitative estimate of drug-likeness (QED) is 0.196. The first-order chi connectivity index (χ1) is 15.8. The summed E-state index contributed by atoms with van der Waals surface area (Å²) in [7, 11) is 0. The van der Waals surface area contributed by atoms with Gasteiger partial charge in [0.05, 0.1) is 11.3 Å². The van der Waals surface area contributed by atoms with E-state index in [-0.39, 0.29) is 0 Å². The van der Waals surface area contributed by atoms with E-state index in [2.05, 4.69) is 43.3 Å². The minimum absolute atomic E-state index is 0.691. The van der Waals surface area contributed by atoms with Crippen LogP contribution in [-0.2, 0) is 0 Å². The van der Waals surface area contributed by atoms with Gasteiger partial charge in [0.15, 0.2) is 0 Å². The molecule has 3 aromatic rings. The van der Waals surface area contributed by atoms with Crippen LogP contribution >= 0.6 is 11.8 Å². The van der Waals surface area contributed by atoms with E-state index in [0.29, 0.717) is 5.56 Å². The molecular formula is C29H34N2S. The summed E-state index contributed by atoms with van der Waals surface area (Å²) in [5.41, 5.74) is 4.74. The number of thioether (sulfide) groups is 1. The van der Waals surface area contributed by atoms with E-state index >= 15 is 0 Å². The van der Waals surface area contributed by atoms with Crippen molar-refractivity contribution in [1.29, 1.82) is 5.26 Å². The Morgan fingerprint density at radius 2 is 1.31 bits per heavy atom. The van der Waals surface area contributed by atoms with Gasteiger partial charge < -0.3 is 0 Å². The molecule has 32 heavy (non-hydrogen) atoms. The standard InChI is InChI=1S/C29H34N2S/c1-2-3-4-5-6-7-8-9-16-21-32-29-27(23-30)26(24-17-12-10-13-18-24)22-28(31-29)25-19-14-11-15-20-25/h10-15,17-20,22H,2-9,16,21H2,1H3. The molecule has 0 bridgehead atoms. The largest absolute Gasteiger partial charge is 0.240 e. The average Bonchev–Trinajstić information content (AvgIpc) is 2.85. The number of nitriles is 1. The molecule has 0 saturated carbocycles. The van der Waals surface area contributed by atoms with Crippen LogP contribution in [0.15, 0.2) is 71.8 Å². The van der Waals surface area contributed by atoms with Gasteiger partial charge in [-0.2, -0.15) is 5.26 Å². The van der Waals surface area contributed by atoms with E-state index in [1.807, 2.05) is 36.4 Å². The van der Waals surface area contributed by atoms with Crippen LogP contribution < -0.4 is 0 Å². The van der Waals surface area contributed by atoms with Gasteiger partial charge in [0.2, 0.25) is 0 Å². The van der Waals surface area contributed by atoms with Crippen molar-refractivity contribution in [1.82, 2.24) is 4.98 Å². The third-order valence-electron chi connectivity index (χ3n) is 5.74. The highest BCUT2D eigenvalue weighted by Gasteiger charge is 2.15. The number of benzene rings is 2. The van der Waals surface area contributed by atoms with Crippen molar-refractivity contribution in [3.8, 4) is 28.5 Å². The fourth-order valence-electron chi connectivity index (χ4n) is 3.92. The Balaban J connectivity index is 1.67. The summed E-state index contributed by atoms with van der Waals surface area (Å²) in [5.74, 6) is 1.00. The van der Waals surface area contributed by atoms with Gasteiger partial charge in [-0.1, -0.05) is 119 Å². The summed E-state index contributed by atoms with van der Waals surface area (Å²) >= 11 is 1.73. The maximum absolute atomic E-state index is 9.98. The lowest BCUT2D eigenvalue weighted by atomic mass is 9.99. The molecule has 0 atom stereocenters. The number of pyridine rings is 1. The summed E-state index contributed by atoms with van der Waals surface area (Å²) in [6.07, 6.45) is 11.9. The molecule has 0 aliphatic heterocycles. The number of rotatable bonds is 13. The van der Waals surface area contributed by atoms with Crippen LogP contribution in [0.25, 0.3) is 22.4 Å². The first-order valence-electron chi connectivity index (χ1n) is 12.0. The van der Waals surface area contributed by atoms with Crippen LogP contribution in [-0.4, -0.2) is 10.7 Å². The molecule has 1 heterocycles. The predicted octanol–water partition coefficient (Wildman–Crippen LogP) is 8.91. The van der Waals surface area contributed by atoms with Gasteiger partial charge >= 0.3 is 0 Å². The molecule has 3 rings (SSSR count). The molecule has 2 aromatic carbocycles. The van der Waals surface area contributed by atoms with Crippen LogP contribution in [0, 0.1) is 11.3 Å². The van der Waals surface area contributed by atoms with Crippen LogP contribution in [0.2, 0.25) is 0 Å². The van der Waals surface area contributed by atoms with Crippen LogP contribution in [0.3, 0.4) is 0 Å². The predicted molar refractivity (Wildman–Crippen MR) is 138 cm³/mol. The monoisotopic (exact) mass is 442 g/mol. The van der Waals surface area contributed by atoms with Crippen molar-refractivity contribution in [2.45, 2.75) is 69.7 Å². The number of aromatic nitrogens is 1. The number of nitrogens with zero attached hydrogens (tertiary/aromatic N) is 2. The fraction of sp³-hybridized carbons (Fsp3) is 0.379. The van der Waals surface area contributed by atoms with Gasteiger partial charge in [-0.25, -0.2) is 4.98 Å². The highest BCUT2D eigenvalue weighted by atomic mass is 32.2. The van der Waals surface area contributed by atoms with Crippen LogP contribution in [0.5, 0.6) is 0 Å². The molecule has 0 aliphatic carbocycles. The molecule has 3 heteroatoms. The first kappa shape index (κ1) is 24.1. The molecule has 0 unspecified atom stereocenters. The number of hydrogen-bond acceptors (Lipinski definition) is 3. The second kappa shape index (κ2) is 13.8. The van der Waals surface area contributed by atoms with Crippen LogP contribution in [0.4, 0.5) is 0 Å². The summed E-state index contributed by atoms with van der Waals surface area (Å²) in [6, 6.07) is 24.9. The van der Waals surface area contributed by atoms with Gasteiger partial charge in [0.25, 0.3) is 0 Å². The molecule has 0 N–H and O–H groups in total. The second-order valence-electron chi connectivity index (χ2n) is 8.26. The molecule has 2 nitrogen and oxygen atoms in total. The topological polar surface area (TPSA) is 36.7 Å². The van der Waals surface area contributed by atoms with E-state index in [1.54, 1.807) is 11.8 Å². The lowest BCUT2D eigenvalue weighted by Crippen LogP contribution is -1.96. The number of hydrogen-bond donors (Lipinski definition) is 0. The van der Waals surface area contributed by atoms with Crippen molar-refractivity contribution < 1.29 is 0 Å². The Hall–Kier alpha value is -2.57. The molecule has 0 fully saturated rings. The SMILES string of the molecule is CCCCCCCCCCCSc1nc(-c2ccccc2)cc(-c2ccccc2)c1C#N. The Kier molecular flexibility index (Phi) is 10.4. The molecule has 0 saturated heterocycles. The van der Waals surface area contributed by atoms with Crippen molar-refractivity contribution in [3.63, 3.8) is 0 Å². The van der Waals surface area contributed by atoms with Crippen molar-refractivity contribution in [2.75, 3.05) is 5.75 Å². The van der Waals surface area contributed by atoms with E-state index in [0.717, 1.165) is 33.2 Å². The third-order valence-corrected chi connectivity index (χ3v) is 6.80. The molecule has 0 radical (unpaired) electrons. The van der Waals surface area contributed by atoms with Gasteiger partial charge in [-0.05, 0) is 23.8 Å². The zero-order chi connectivity index (χ0) is 22.4. The van der Waals surface area contributed by atoms with Gasteiger partial charge in [0.1, 0.15) is 11.1 Å². The average molecular weight is 443 g/mol. The minimum atomic E-state index is 0.691. The highest BCUT2D eigenvalue weighted by molar-refractivity contribution is 7.99. The summed E-state index contributed by atoms with van der Waals surface area (Å²) < 4.78 is 0. The lowest BCUT2D eigenvalue weighted by molar-refractivity contribution is 0.573. The Bertz CT molecular complexity index is 977. The van der Waals surface area contributed by atoms with Crippen molar-refractivity contribution >= 4 is 11.8 Å². The van der Waals surface area contributed by atoms with E-state index in [4.69, 9.17) is 4.98 Å². The molecule has 0 amide bonds. The van der Waals surface area contributed by atoms with Crippen molar-refractivity contribution in [2.24, 2.45) is 0 Å². The second-order valence-corrected chi connectivity index (χ2v) is 9.34. The minimum Gasteiger partial charge on any atom is -0.240 e. The molecule has 1 aromatic heterocycles. The zero-order valence-electron chi connectivity index (χ0n) is 19.2. The smallest absolute Gasteiger partial charge is 0.115 e. The van der Waals surface area contributed by atoms with Gasteiger partial charge in [-0.15, -0.1) is 11.8 Å². The van der Waals surface area contributed by atoms with E-state index < -0.39 is 0 Å². The first-order valence-corrected chi connectivity index (χ1v) is 13.0. The summed E-state index contributed by atoms with van der Waals surface area (Å²) in [6.45, 7) is 2.27. The molecule has 0 aliphatic rings. The van der Waals surface area contributed by atoms with Crippen molar-refractivity contribution in [3.05, 3.63) is 72.3 Å². The normalized spacial score (nSPS) is 10.8. The Labute approximate surface area is 198 Å². The van der Waals surface area contributed by atoms with E-state index in [9.17, 15) is 5.26 Å². The number of unbranched alkanes of at least 4 members (excludes halogenated alkanes) is 8. The van der Waals surface area contributed by atoms with Gasteiger partial charge in [-0.3, -0.25) is 0 Å². The maximum atomic E-state index is 9.98. The fourth-order valence-corrected chi connectivity index (χ4v) is 4.92. The lowest BCUT2D eigenvalue weighted by Gasteiger charge is -2.12. The molecule has 166 valence electrons.